The van der Waals surface area contributed by atoms with Crippen LogP contribution >= 0.6 is 0 Å². The van der Waals surface area contributed by atoms with Crippen LogP contribution in [0, 0.1) is 5.92 Å². The van der Waals surface area contributed by atoms with Gasteiger partial charge < -0.3 is 10.5 Å². The zero-order valence-corrected chi connectivity index (χ0v) is 9.87. The summed E-state index contributed by atoms with van der Waals surface area (Å²) in [4.78, 5) is 2.56. The Hall–Kier alpha value is -0.120. The molecule has 0 aromatic heterocycles. The van der Waals surface area contributed by atoms with Crippen LogP contribution in [-0.4, -0.2) is 43.3 Å². The number of nitrogens with two attached hydrogens (primary N) is 1. The number of rotatable bonds is 3. The molecule has 1 saturated carbocycles. The molecule has 2 rings (SSSR count). The van der Waals surface area contributed by atoms with Gasteiger partial charge in [-0.2, -0.15) is 0 Å². The van der Waals surface area contributed by atoms with E-state index >= 15 is 0 Å². The zero-order chi connectivity index (χ0) is 10.7. The van der Waals surface area contributed by atoms with Gasteiger partial charge in [-0.1, -0.05) is 12.8 Å². The van der Waals surface area contributed by atoms with Gasteiger partial charge in [0.25, 0.3) is 0 Å². The molecular formula is C12H24N2O. The van der Waals surface area contributed by atoms with E-state index in [9.17, 15) is 0 Å². The van der Waals surface area contributed by atoms with Crippen molar-refractivity contribution in [3.63, 3.8) is 0 Å². The predicted octanol–water partition coefficient (Wildman–Crippen LogP) is 1.23. The molecular weight excluding hydrogens is 188 g/mol. The third-order valence-corrected chi connectivity index (χ3v) is 4.38. The smallest absolute Gasteiger partial charge is 0.0594 e. The second-order valence-corrected chi connectivity index (χ2v) is 5.14. The molecule has 1 unspecified atom stereocenters. The summed E-state index contributed by atoms with van der Waals surface area (Å²) in [6.07, 6.45) is 5.52. The van der Waals surface area contributed by atoms with Crippen LogP contribution in [0.25, 0.3) is 0 Å². The number of nitrogens with zero attached hydrogens (tertiary/aromatic N) is 1. The molecule has 1 saturated heterocycles. The molecule has 0 aromatic rings. The average molecular weight is 212 g/mol. The molecule has 0 radical (unpaired) electrons. The van der Waals surface area contributed by atoms with E-state index in [-0.39, 0.29) is 5.54 Å². The Morgan fingerprint density at radius 1 is 1.27 bits per heavy atom. The van der Waals surface area contributed by atoms with Crippen molar-refractivity contribution in [2.45, 2.75) is 38.1 Å². The molecule has 1 atom stereocenters. The van der Waals surface area contributed by atoms with Gasteiger partial charge >= 0.3 is 0 Å². The van der Waals surface area contributed by atoms with Crippen molar-refractivity contribution in [3.8, 4) is 0 Å². The summed E-state index contributed by atoms with van der Waals surface area (Å²) in [6, 6.07) is 0. The van der Waals surface area contributed by atoms with Gasteiger partial charge in [-0.15, -0.1) is 0 Å². The van der Waals surface area contributed by atoms with Gasteiger partial charge in [0.05, 0.1) is 13.2 Å². The Bertz CT molecular complexity index is 198. The number of morpholine rings is 1. The summed E-state index contributed by atoms with van der Waals surface area (Å²) in [5.41, 5.74) is 6.26. The van der Waals surface area contributed by atoms with Crippen molar-refractivity contribution in [1.82, 2.24) is 4.90 Å². The van der Waals surface area contributed by atoms with Crippen LogP contribution in [0.15, 0.2) is 0 Å². The Kier molecular flexibility index (Phi) is 3.65. The maximum Gasteiger partial charge on any atom is 0.0594 e. The van der Waals surface area contributed by atoms with Crippen molar-refractivity contribution in [2.24, 2.45) is 11.7 Å². The van der Waals surface area contributed by atoms with Gasteiger partial charge in [-0.25, -0.2) is 0 Å². The molecule has 0 aromatic carbocycles. The fraction of sp³-hybridized carbons (Fsp3) is 1.00. The summed E-state index contributed by atoms with van der Waals surface area (Å²) >= 11 is 0. The maximum atomic E-state index is 6.04. The highest BCUT2D eigenvalue weighted by atomic mass is 16.5. The third-order valence-electron chi connectivity index (χ3n) is 4.38. The van der Waals surface area contributed by atoms with E-state index in [1.165, 1.54) is 25.7 Å². The highest BCUT2D eigenvalue weighted by Gasteiger charge is 2.40. The first-order valence-corrected chi connectivity index (χ1v) is 6.30. The Labute approximate surface area is 93.0 Å². The van der Waals surface area contributed by atoms with E-state index in [1.54, 1.807) is 0 Å². The molecule has 0 spiro atoms. The van der Waals surface area contributed by atoms with Crippen LogP contribution in [0.3, 0.4) is 0 Å². The summed E-state index contributed by atoms with van der Waals surface area (Å²) in [7, 11) is 0. The third kappa shape index (κ3) is 2.19. The number of hydrogen-bond acceptors (Lipinski definition) is 3. The van der Waals surface area contributed by atoms with Crippen LogP contribution in [0.4, 0.5) is 0 Å². The molecule has 15 heavy (non-hydrogen) atoms. The molecule has 2 N–H and O–H groups in total. The van der Waals surface area contributed by atoms with Crippen LogP contribution in [0.5, 0.6) is 0 Å². The summed E-state index contributed by atoms with van der Waals surface area (Å²) in [5.74, 6) is 0.806. The summed E-state index contributed by atoms with van der Waals surface area (Å²) < 4.78 is 5.42. The first-order chi connectivity index (χ1) is 7.27. The molecule has 0 bridgehead atoms. The standard InChI is InChI=1S/C12H24N2O/c1-12(10-13,11-4-2-3-5-11)14-6-8-15-9-7-14/h11H,2-10,13H2,1H3. The van der Waals surface area contributed by atoms with Crippen molar-refractivity contribution in [2.75, 3.05) is 32.8 Å². The lowest BCUT2D eigenvalue weighted by Gasteiger charge is -2.46. The lowest BCUT2D eigenvalue weighted by atomic mass is 9.82. The highest BCUT2D eigenvalue weighted by molar-refractivity contribution is 4.96. The first-order valence-electron chi connectivity index (χ1n) is 6.30. The largest absolute Gasteiger partial charge is 0.379 e. The fourth-order valence-corrected chi connectivity index (χ4v) is 3.18. The number of hydrogen-bond donors (Lipinski definition) is 1. The Morgan fingerprint density at radius 2 is 1.87 bits per heavy atom. The minimum absolute atomic E-state index is 0.223. The second-order valence-electron chi connectivity index (χ2n) is 5.14. The second kappa shape index (κ2) is 4.81. The molecule has 1 aliphatic heterocycles. The Balaban J connectivity index is 2.04. The topological polar surface area (TPSA) is 38.5 Å². The molecule has 2 fully saturated rings. The van der Waals surface area contributed by atoms with Crippen molar-refractivity contribution in [1.29, 1.82) is 0 Å². The van der Waals surface area contributed by atoms with Gasteiger partial charge in [0.1, 0.15) is 0 Å². The summed E-state index contributed by atoms with van der Waals surface area (Å²) in [6.45, 7) is 7.02. The van der Waals surface area contributed by atoms with Crippen LogP contribution < -0.4 is 5.73 Å². The van der Waals surface area contributed by atoms with Crippen molar-refractivity contribution >= 4 is 0 Å². The summed E-state index contributed by atoms with van der Waals surface area (Å²) in [5, 5.41) is 0. The normalized spacial score (nSPS) is 29.2. The molecule has 3 heteroatoms. The molecule has 1 heterocycles. The van der Waals surface area contributed by atoms with E-state index in [4.69, 9.17) is 10.5 Å². The fourth-order valence-electron chi connectivity index (χ4n) is 3.18. The lowest BCUT2D eigenvalue weighted by Crippen LogP contribution is -2.59. The maximum absolute atomic E-state index is 6.04. The van der Waals surface area contributed by atoms with E-state index < -0.39 is 0 Å². The zero-order valence-electron chi connectivity index (χ0n) is 9.87. The van der Waals surface area contributed by atoms with Gasteiger partial charge in [0.15, 0.2) is 0 Å². The van der Waals surface area contributed by atoms with E-state index in [0.717, 1.165) is 38.8 Å². The highest BCUT2D eigenvalue weighted by Crippen LogP contribution is 2.37. The Morgan fingerprint density at radius 3 is 2.40 bits per heavy atom. The van der Waals surface area contributed by atoms with Gasteiger partial charge in [-0.05, 0) is 25.7 Å². The van der Waals surface area contributed by atoms with E-state index in [1.807, 2.05) is 0 Å². The predicted molar refractivity (Wildman–Crippen MR) is 61.8 cm³/mol. The molecule has 2 aliphatic rings. The molecule has 0 amide bonds. The quantitative estimate of drug-likeness (QED) is 0.764. The van der Waals surface area contributed by atoms with Crippen molar-refractivity contribution < 1.29 is 4.74 Å². The molecule has 3 nitrogen and oxygen atoms in total. The van der Waals surface area contributed by atoms with Gasteiger partial charge in [0, 0.05) is 25.2 Å². The minimum Gasteiger partial charge on any atom is -0.379 e. The lowest BCUT2D eigenvalue weighted by molar-refractivity contribution is -0.0347. The van der Waals surface area contributed by atoms with Crippen molar-refractivity contribution in [3.05, 3.63) is 0 Å². The average Bonchev–Trinajstić information content (AvgIpc) is 2.83. The monoisotopic (exact) mass is 212 g/mol. The molecule has 1 aliphatic carbocycles. The SMILES string of the molecule is CC(CN)(C1CCCC1)N1CCOCC1. The first kappa shape index (κ1) is 11.4. The van der Waals surface area contributed by atoms with Gasteiger partial charge in [-0.3, -0.25) is 4.90 Å². The van der Waals surface area contributed by atoms with Crippen LogP contribution in [0.1, 0.15) is 32.6 Å². The minimum atomic E-state index is 0.223. The number of ether oxygens (including phenoxy) is 1. The van der Waals surface area contributed by atoms with Crippen LogP contribution in [0.2, 0.25) is 0 Å². The van der Waals surface area contributed by atoms with E-state index in [2.05, 4.69) is 11.8 Å². The molecule has 88 valence electrons. The van der Waals surface area contributed by atoms with Gasteiger partial charge in [0.2, 0.25) is 0 Å². The van der Waals surface area contributed by atoms with Crippen LogP contribution in [-0.2, 0) is 4.74 Å². The van der Waals surface area contributed by atoms with E-state index in [0.29, 0.717) is 0 Å².